The molecule has 1 aromatic rings. The third-order valence-corrected chi connectivity index (χ3v) is 4.52. The summed E-state index contributed by atoms with van der Waals surface area (Å²) in [7, 11) is 0. The Labute approximate surface area is 106 Å². The van der Waals surface area contributed by atoms with Crippen molar-refractivity contribution in [3.05, 3.63) is 11.9 Å². The van der Waals surface area contributed by atoms with Crippen molar-refractivity contribution < 1.29 is 0 Å². The second-order valence-electron chi connectivity index (χ2n) is 4.64. The van der Waals surface area contributed by atoms with Gasteiger partial charge in [0.2, 0.25) is 0 Å². The van der Waals surface area contributed by atoms with Crippen molar-refractivity contribution in [2.24, 2.45) is 0 Å². The molecule has 1 aliphatic carbocycles. The lowest BCUT2D eigenvalue weighted by atomic mass is 10.1. The van der Waals surface area contributed by atoms with Gasteiger partial charge in [-0.2, -0.15) is 0 Å². The lowest BCUT2D eigenvalue weighted by molar-refractivity contribution is 0.396. The third-order valence-electron chi connectivity index (χ3n) is 3.41. The molecular weight excluding hydrogens is 266 g/mol. The van der Waals surface area contributed by atoms with Crippen LogP contribution >= 0.6 is 15.9 Å². The smallest absolute Gasteiger partial charge is 0.0963 e. The normalized spacial score (nSPS) is 20.6. The number of hydrogen-bond donors (Lipinski definition) is 0. The summed E-state index contributed by atoms with van der Waals surface area (Å²) in [6, 6.07) is 0.584. The number of rotatable bonds is 3. The minimum Gasteiger partial charge on any atom is -0.249 e. The van der Waals surface area contributed by atoms with Gasteiger partial charge in [-0.1, -0.05) is 53.8 Å². The molecule has 90 valence electrons. The molecule has 0 saturated heterocycles. The molecule has 0 radical (unpaired) electrons. The summed E-state index contributed by atoms with van der Waals surface area (Å²) in [5.41, 5.74) is 1.08. The van der Waals surface area contributed by atoms with E-state index >= 15 is 0 Å². The average Bonchev–Trinajstić information content (AvgIpc) is 2.64. The Kier molecular flexibility index (Phi) is 4.38. The zero-order valence-electron chi connectivity index (χ0n) is 9.90. The molecule has 3 nitrogen and oxygen atoms in total. The number of halogens is 1. The Morgan fingerprint density at radius 1 is 1.38 bits per heavy atom. The van der Waals surface area contributed by atoms with E-state index in [0.29, 0.717) is 10.9 Å². The molecule has 0 spiro atoms. The van der Waals surface area contributed by atoms with Crippen LogP contribution in [-0.2, 0) is 0 Å². The summed E-state index contributed by atoms with van der Waals surface area (Å²) < 4.78 is 2.09. The second-order valence-corrected chi connectivity index (χ2v) is 5.75. The van der Waals surface area contributed by atoms with Crippen molar-refractivity contribution in [3.8, 4) is 0 Å². The zero-order chi connectivity index (χ0) is 11.4. The Bertz CT molecular complexity index is 316. The quantitative estimate of drug-likeness (QED) is 0.620. The van der Waals surface area contributed by atoms with Crippen LogP contribution in [-0.4, -0.2) is 15.0 Å². The summed E-state index contributed by atoms with van der Waals surface area (Å²) in [5, 5.41) is 8.55. The van der Waals surface area contributed by atoms with Gasteiger partial charge in [0.25, 0.3) is 0 Å². The topological polar surface area (TPSA) is 30.7 Å². The van der Waals surface area contributed by atoms with Crippen LogP contribution in [0, 0.1) is 0 Å². The molecule has 0 aliphatic heterocycles. The van der Waals surface area contributed by atoms with E-state index in [-0.39, 0.29) is 0 Å². The van der Waals surface area contributed by atoms with Crippen molar-refractivity contribution in [1.29, 1.82) is 0 Å². The highest BCUT2D eigenvalue weighted by Gasteiger charge is 2.17. The van der Waals surface area contributed by atoms with Crippen LogP contribution in [0.15, 0.2) is 6.20 Å². The van der Waals surface area contributed by atoms with E-state index in [1.54, 1.807) is 0 Å². The third kappa shape index (κ3) is 2.84. The summed E-state index contributed by atoms with van der Waals surface area (Å²) in [4.78, 5) is 0.354. The number of nitrogens with zero attached hydrogens (tertiary/aromatic N) is 3. The maximum absolute atomic E-state index is 4.29. The zero-order valence-corrected chi connectivity index (χ0v) is 11.5. The summed E-state index contributed by atoms with van der Waals surface area (Å²) in [6.07, 6.45) is 11.2. The highest BCUT2D eigenvalue weighted by atomic mass is 79.9. The van der Waals surface area contributed by atoms with E-state index in [4.69, 9.17) is 0 Å². The molecule has 1 unspecified atom stereocenters. The van der Waals surface area contributed by atoms with Crippen LogP contribution in [0.2, 0.25) is 0 Å². The van der Waals surface area contributed by atoms with E-state index in [1.807, 2.05) is 0 Å². The minimum atomic E-state index is 0.354. The first-order chi connectivity index (χ1) is 7.81. The Hall–Kier alpha value is -0.380. The molecule has 2 rings (SSSR count). The van der Waals surface area contributed by atoms with Gasteiger partial charge >= 0.3 is 0 Å². The second kappa shape index (κ2) is 5.80. The Morgan fingerprint density at radius 3 is 2.69 bits per heavy atom. The minimum absolute atomic E-state index is 0.354. The van der Waals surface area contributed by atoms with Gasteiger partial charge in [-0.15, -0.1) is 5.10 Å². The molecule has 1 aliphatic rings. The van der Waals surface area contributed by atoms with Gasteiger partial charge in [-0.25, -0.2) is 4.68 Å². The number of alkyl halides is 1. The van der Waals surface area contributed by atoms with Crippen LogP contribution in [0.4, 0.5) is 0 Å². The molecule has 0 bridgehead atoms. The van der Waals surface area contributed by atoms with Gasteiger partial charge in [0.05, 0.1) is 16.6 Å². The lowest BCUT2D eigenvalue weighted by Gasteiger charge is -2.13. The Balaban J connectivity index is 2.05. The molecule has 16 heavy (non-hydrogen) atoms. The summed E-state index contributed by atoms with van der Waals surface area (Å²) in [6.45, 7) is 2.16. The van der Waals surface area contributed by atoms with Gasteiger partial charge in [0, 0.05) is 6.20 Å². The number of hydrogen-bond acceptors (Lipinski definition) is 2. The fourth-order valence-electron chi connectivity index (χ4n) is 2.34. The Morgan fingerprint density at radius 2 is 2.06 bits per heavy atom. The molecule has 1 fully saturated rings. The first kappa shape index (κ1) is 12.1. The maximum atomic E-state index is 4.29. The highest BCUT2D eigenvalue weighted by Crippen LogP contribution is 2.28. The monoisotopic (exact) mass is 285 g/mol. The van der Waals surface area contributed by atoms with E-state index in [2.05, 4.69) is 44.0 Å². The van der Waals surface area contributed by atoms with Gasteiger partial charge < -0.3 is 0 Å². The van der Waals surface area contributed by atoms with Crippen LogP contribution in [0.25, 0.3) is 0 Å². The maximum Gasteiger partial charge on any atom is 0.0963 e. The first-order valence-electron chi connectivity index (χ1n) is 6.37. The largest absolute Gasteiger partial charge is 0.249 e. The van der Waals surface area contributed by atoms with Gasteiger partial charge in [-0.05, 0) is 19.3 Å². The lowest BCUT2D eigenvalue weighted by Crippen LogP contribution is -2.08. The molecule has 0 aromatic carbocycles. The van der Waals surface area contributed by atoms with Crippen molar-refractivity contribution >= 4 is 15.9 Å². The fraction of sp³-hybridized carbons (Fsp3) is 0.833. The van der Waals surface area contributed by atoms with Gasteiger partial charge in [0.1, 0.15) is 0 Å². The molecule has 1 heterocycles. The van der Waals surface area contributed by atoms with Gasteiger partial charge in [-0.3, -0.25) is 0 Å². The molecular formula is C12H20BrN3. The predicted molar refractivity (Wildman–Crippen MR) is 68.7 cm³/mol. The highest BCUT2D eigenvalue weighted by molar-refractivity contribution is 9.09. The van der Waals surface area contributed by atoms with E-state index in [0.717, 1.165) is 12.1 Å². The molecule has 1 aromatic heterocycles. The molecule has 0 amide bonds. The van der Waals surface area contributed by atoms with Crippen LogP contribution in [0.1, 0.15) is 68.4 Å². The van der Waals surface area contributed by atoms with E-state index in [1.165, 1.54) is 38.5 Å². The summed E-state index contributed by atoms with van der Waals surface area (Å²) in [5.74, 6) is 0. The van der Waals surface area contributed by atoms with Gasteiger partial charge in [0.15, 0.2) is 0 Å². The molecule has 4 heteroatoms. The van der Waals surface area contributed by atoms with Crippen LogP contribution < -0.4 is 0 Å². The molecule has 1 saturated carbocycles. The molecule has 1 atom stereocenters. The van der Waals surface area contributed by atoms with Crippen molar-refractivity contribution in [2.45, 2.75) is 62.7 Å². The molecule has 0 N–H and O–H groups in total. The van der Waals surface area contributed by atoms with Crippen molar-refractivity contribution in [1.82, 2.24) is 15.0 Å². The predicted octanol–water partition coefficient (Wildman–Crippen LogP) is 4.02. The SMILES string of the molecule is CCC(Br)c1cn(C2CCCCCC2)nn1. The summed E-state index contributed by atoms with van der Waals surface area (Å²) >= 11 is 3.62. The average molecular weight is 286 g/mol. The van der Waals surface area contributed by atoms with Crippen LogP contribution in [0.3, 0.4) is 0 Å². The van der Waals surface area contributed by atoms with E-state index < -0.39 is 0 Å². The van der Waals surface area contributed by atoms with Crippen molar-refractivity contribution in [3.63, 3.8) is 0 Å². The fourth-order valence-corrected chi connectivity index (χ4v) is 2.55. The number of aromatic nitrogens is 3. The standard InChI is InChI=1S/C12H20BrN3/c1-2-11(13)12-9-16(15-14-12)10-7-5-3-4-6-8-10/h9-11H,2-8H2,1H3. The van der Waals surface area contributed by atoms with Crippen molar-refractivity contribution in [2.75, 3.05) is 0 Å². The van der Waals surface area contributed by atoms with Crippen LogP contribution in [0.5, 0.6) is 0 Å². The first-order valence-corrected chi connectivity index (χ1v) is 7.28. The van der Waals surface area contributed by atoms with E-state index in [9.17, 15) is 0 Å².